The van der Waals surface area contributed by atoms with Crippen LogP contribution in [0.3, 0.4) is 0 Å². The molecule has 144 valence electrons. The number of aliphatic hydroxyl groups is 1. The van der Waals surface area contributed by atoms with Gasteiger partial charge in [0.2, 0.25) is 0 Å². The van der Waals surface area contributed by atoms with E-state index in [9.17, 15) is 24.6 Å². The second-order valence-corrected chi connectivity index (χ2v) is 6.82. The zero-order chi connectivity index (χ0) is 20.3. The lowest BCUT2D eigenvalue weighted by Gasteiger charge is -2.25. The Morgan fingerprint density at radius 1 is 1.07 bits per heavy atom. The second-order valence-electron chi connectivity index (χ2n) is 6.39. The molecule has 0 aliphatic carbocycles. The van der Waals surface area contributed by atoms with Gasteiger partial charge in [-0.15, -0.1) is 0 Å². The number of carboxylic acids is 1. The van der Waals surface area contributed by atoms with E-state index in [-0.39, 0.29) is 30.7 Å². The number of halogens is 1. The minimum absolute atomic E-state index is 0.0352. The molecule has 1 aliphatic heterocycles. The Morgan fingerprint density at radius 2 is 1.71 bits per heavy atom. The molecule has 1 aliphatic rings. The number of carbonyl (C=O) groups excluding carboxylic acids is 3. The van der Waals surface area contributed by atoms with Crippen molar-refractivity contribution in [3.05, 3.63) is 76.3 Å². The quantitative estimate of drug-likeness (QED) is 0.457. The highest BCUT2D eigenvalue weighted by atomic mass is 35.5. The summed E-state index contributed by atoms with van der Waals surface area (Å²) in [5.74, 6) is -3.11. The third kappa shape index (κ3) is 3.92. The van der Waals surface area contributed by atoms with Crippen LogP contribution >= 0.6 is 11.6 Å². The molecule has 3 rings (SSSR count). The van der Waals surface area contributed by atoms with Gasteiger partial charge in [0.05, 0.1) is 11.6 Å². The summed E-state index contributed by atoms with van der Waals surface area (Å²) in [6.07, 6.45) is -0.0959. The maximum absolute atomic E-state index is 12.7. The van der Waals surface area contributed by atoms with E-state index in [1.807, 2.05) is 0 Å². The number of benzene rings is 2. The molecule has 0 spiro atoms. The normalized spacial score (nSPS) is 18.5. The van der Waals surface area contributed by atoms with Gasteiger partial charge in [0.1, 0.15) is 5.76 Å². The minimum Gasteiger partial charge on any atom is -0.550 e. The molecule has 0 unspecified atom stereocenters. The van der Waals surface area contributed by atoms with Crippen molar-refractivity contribution >= 4 is 35.0 Å². The number of carbonyl (C=O) groups is 3. The number of likely N-dealkylation sites (tertiary alicyclic amines) is 1. The predicted octanol–water partition coefficient (Wildman–Crippen LogP) is 2.29. The van der Waals surface area contributed by atoms with Crippen molar-refractivity contribution in [1.29, 1.82) is 0 Å². The summed E-state index contributed by atoms with van der Waals surface area (Å²) >= 11 is 5.88. The van der Waals surface area contributed by atoms with Gasteiger partial charge in [0, 0.05) is 23.1 Å². The van der Waals surface area contributed by atoms with Gasteiger partial charge in [-0.3, -0.25) is 9.59 Å². The highest BCUT2D eigenvalue weighted by Gasteiger charge is 2.45. The molecule has 0 aromatic heterocycles. The maximum Gasteiger partial charge on any atom is 0.295 e. The molecule has 1 N–H and O–H groups in total. The van der Waals surface area contributed by atoms with Crippen LogP contribution in [0.25, 0.3) is 5.76 Å². The summed E-state index contributed by atoms with van der Waals surface area (Å²) in [6.45, 7) is 0.0511. The molecule has 6 nitrogen and oxygen atoms in total. The first-order chi connectivity index (χ1) is 13.4. The smallest absolute Gasteiger partial charge is 0.295 e. The highest BCUT2D eigenvalue weighted by Crippen LogP contribution is 2.39. The Kier molecular flexibility index (Phi) is 5.80. The zero-order valence-electron chi connectivity index (χ0n) is 14.8. The van der Waals surface area contributed by atoms with E-state index in [1.54, 1.807) is 54.6 Å². The van der Waals surface area contributed by atoms with Crippen molar-refractivity contribution in [1.82, 2.24) is 4.90 Å². The number of Topliss-reactive ketones (excluding diaryl/α,β-unsaturated/α-hetero) is 1. The van der Waals surface area contributed by atoms with E-state index in [2.05, 4.69) is 0 Å². The average Bonchev–Trinajstić information content (AvgIpc) is 2.93. The highest BCUT2D eigenvalue weighted by molar-refractivity contribution is 6.46. The number of ketones is 1. The van der Waals surface area contributed by atoms with Crippen molar-refractivity contribution in [2.45, 2.75) is 18.9 Å². The molecule has 0 saturated carbocycles. The first kappa shape index (κ1) is 19.6. The molecule has 1 heterocycles. The van der Waals surface area contributed by atoms with Crippen molar-refractivity contribution in [3.8, 4) is 0 Å². The number of rotatable bonds is 6. The third-order valence-corrected chi connectivity index (χ3v) is 4.80. The molecule has 2 aromatic rings. The molecule has 0 radical (unpaired) electrons. The van der Waals surface area contributed by atoms with Gasteiger partial charge >= 0.3 is 0 Å². The van der Waals surface area contributed by atoms with Crippen LogP contribution in [0, 0.1) is 0 Å². The predicted molar refractivity (Wildman–Crippen MR) is 101 cm³/mol. The first-order valence-electron chi connectivity index (χ1n) is 8.69. The maximum atomic E-state index is 12.7. The number of hydrogen-bond donors (Lipinski definition) is 1. The van der Waals surface area contributed by atoms with Gasteiger partial charge in [0.15, 0.2) is 0 Å². The number of carboxylic acid groups (broad SMARTS) is 1. The van der Waals surface area contributed by atoms with Crippen LogP contribution < -0.4 is 5.11 Å². The molecule has 1 amide bonds. The van der Waals surface area contributed by atoms with Gasteiger partial charge in [0.25, 0.3) is 11.7 Å². The topological polar surface area (TPSA) is 97.7 Å². The zero-order valence-corrected chi connectivity index (χ0v) is 15.6. The van der Waals surface area contributed by atoms with E-state index >= 15 is 0 Å². The van der Waals surface area contributed by atoms with Gasteiger partial charge in [-0.2, -0.15) is 0 Å². The van der Waals surface area contributed by atoms with Crippen LogP contribution in [0.1, 0.15) is 30.0 Å². The molecule has 2 aromatic carbocycles. The summed E-state index contributed by atoms with van der Waals surface area (Å²) in [4.78, 5) is 37.3. The lowest BCUT2D eigenvalue weighted by molar-refractivity contribution is -0.305. The van der Waals surface area contributed by atoms with E-state index in [1.165, 1.54) is 4.90 Å². The fraction of sp³-hybridized carbons (Fsp3) is 0.190. The number of amides is 1. The van der Waals surface area contributed by atoms with Crippen molar-refractivity contribution in [2.75, 3.05) is 6.54 Å². The van der Waals surface area contributed by atoms with Gasteiger partial charge in [-0.25, -0.2) is 0 Å². The van der Waals surface area contributed by atoms with Gasteiger partial charge in [-0.1, -0.05) is 41.9 Å². The number of aliphatic carboxylic acids is 1. The summed E-state index contributed by atoms with van der Waals surface area (Å²) in [7, 11) is 0. The fourth-order valence-electron chi connectivity index (χ4n) is 3.25. The number of aliphatic hydroxyl groups excluding tert-OH is 1. The van der Waals surface area contributed by atoms with Crippen LogP contribution in [-0.2, 0) is 14.4 Å². The molecular weight excluding hydrogens is 382 g/mol. The summed E-state index contributed by atoms with van der Waals surface area (Å²) in [5.41, 5.74) is 0.968. The van der Waals surface area contributed by atoms with Crippen molar-refractivity contribution in [2.24, 2.45) is 0 Å². The van der Waals surface area contributed by atoms with Crippen LogP contribution in [0.15, 0.2) is 60.2 Å². The van der Waals surface area contributed by atoms with E-state index in [0.717, 1.165) is 0 Å². The van der Waals surface area contributed by atoms with Crippen LogP contribution in [0.2, 0.25) is 5.02 Å². The Balaban J connectivity index is 2.07. The molecule has 28 heavy (non-hydrogen) atoms. The lowest BCUT2D eigenvalue weighted by Crippen LogP contribution is -2.32. The molecule has 1 atom stereocenters. The van der Waals surface area contributed by atoms with Crippen molar-refractivity contribution in [3.63, 3.8) is 0 Å². The van der Waals surface area contributed by atoms with E-state index < -0.39 is 23.7 Å². The molecule has 1 saturated heterocycles. The molecular formula is C21H17ClNO5-. The summed E-state index contributed by atoms with van der Waals surface area (Å²) < 4.78 is 0. The number of nitrogens with zero attached hydrogens (tertiary/aromatic N) is 1. The average molecular weight is 399 g/mol. The van der Waals surface area contributed by atoms with E-state index in [0.29, 0.717) is 16.1 Å². The monoisotopic (exact) mass is 398 g/mol. The Bertz CT molecular complexity index is 937. The summed E-state index contributed by atoms with van der Waals surface area (Å²) in [5, 5.41) is 22.0. The Hall–Kier alpha value is -3.12. The lowest BCUT2D eigenvalue weighted by atomic mass is 9.95. The van der Waals surface area contributed by atoms with Crippen LogP contribution in [-0.4, -0.2) is 34.2 Å². The minimum atomic E-state index is -1.23. The fourth-order valence-corrected chi connectivity index (χ4v) is 3.38. The SMILES string of the molecule is O=C([O-])CCCN1C(=O)C(=O)/C(=C(/O)c2ccc(Cl)cc2)[C@@H]1c1ccccc1. The largest absolute Gasteiger partial charge is 0.550 e. The van der Waals surface area contributed by atoms with Gasteiger partial charge < -0.3 is 19.9 Å². The summed E-state index contributed by atoms with van der Waals surface area (Å²) in [6, 6.07) is 14.3. The first-order valence-corrected chi connectivity index (χ1v) is 9.07. The molecule has 0 bridgehead atoms. The standard InChI is InChI=1S/C21H18ClNO5/c22-15-10-8-14(9-11-15)19(26)17-18(13-5-2-1-3-6-13)23(21(28)20(17)27)12-4-7-16(24)25/h1-3,5-6,8-11,18,26H,4,7,12H2,(H,24,25)/p-1/b19-17+/t18-/m0/s1. The Labute approximate surface area is 166 Å². The van der Waals surface area contributed by atoms with Crippen molar-refractivity contribution < 1.29 is 24.6 Å². The third-order valence-electron chi connectivity index (χ3n) is 4.55. The second kappa shape index (κ2) is 8.27. The number of hydrogen-bond acceptors (Lipinski definition) is 5. The molecule has 7 heteroatoms. The van der Waals surface area contributed by atoms with Crippen LogP contribution in [0.4, 0.5) is 0 Å². The van der Waals surface area contributed by atoms with E-state index in [4.69, 9.17) is 11.6 Å². The molecule has 1 fully saturated rings. The Morgan fingerprint density at radius 3 is 2.32 bits per heavy atom. The van der Waals surface area contributed by atoms with Gasteiger partial charge in [-0.05, 0) is 42.7 Å². The van der Waals surface area contributed by atoms with Crippen LogP contribution in [0.5, 0.6) is 0 Å².